The number of hydrogen-bond donors (Lipinski definition) is 1. The van der Waals surface area contributed by atoms with E-state index >= 15 is 0 Å². The molecule has 0 aromatic carbocycles. The molecular weight excluding hydrogens is 178 g/mol. The van der Waals surface area contributed by atoms with Crippen molar-refractivity contribution in [1.82, 2.24) is 14.6 Å². The number of aromatic nitrogens is 3. The Morgan fingerprint density at radius 3 is 2.86 bits per heavy atom. The number of aromatic amines is 1. The Kier molecular flexibility index (Phi) is 1.91. The molecule has 0 radical (unpaired) electrons. The maximum atomic E-state index is 11.5. The highest BCUT2D eigenvalue weighted by molar-refractivity contribution is 5.41. The Labute approximate surface area is 81.6 Å². The summed E-state index contributed by atoms with van der Waals surface area (Å²) in [5.74, 6) is 0. The first-order valence-corrected chi connectivity index (χ1v) is 4.71. The van der Waals surface area contributed by atoms with Gasteiger partial charge >= 0.3 is 0 Å². The summed E-state index contributed by atoms with van der Waals surface area (Å²) < 4.78 is 1.79. The van der Waals surface area contributed by atoms with Crippen LogP contribution in [-0.4, -0.2) is 14.6 Å². The summed E-state index contributed by atoms with van der Waals surface area (Å²) in [4.78, 5) is 14.3. The summed E-state index contributed by atoms with van der Waals surface area (Å²) in [5.41, 5.74) is 3.37. The summed E-state index contributed by atoms with van der Waals surface area (Å²) in [5, 5.41) is 4.38. The molecule has 0 unspecified atom stereocenters. The third-order valence-corrected chi connectivity index (χ3v) is 2.56. The summed E-state index contributed by atoms with van der Waals surface area (Å²) in [6.07, 6.45) is 0.877. The van der Waals surface area contributed by atoms with Gasteiger partial charge in [0.1, 0.15) is 5.65 Å². The van der Waals surface area contributed by atoms with E-state index in [9.17, 15) is 4.79 Å². The van der Waals surface area contributed by atoms with Crippen LogP contribution in [0.3, 0.4) is 0 Å². The molecule has 0 fully saturated rings. The second-order valence-corrected chi connectivity index (χ2v) is 3.45. The highest BCUT2D eigenvalue weighted by Crippen LogP contribution is 2.07. The summed E-state index contributed by atoms with van der Waals surface area (Å²) >= 11 is 0. The van der Waals surface area contributed by atoms with Crippen LogP contribution in [0.25, 0.3) is 5.65 Å². The molecule has 0 bridgehead atoms. The second-order valence-electron chi connectivity index (χ2n) is 3.45. The van der Waals surface area contributed by atoms with Crippen LogP contribution in [0, 0.1) is 13.8 Å². The van der Waals surface area contributed by atoms with Crippen molar-refractivity contribution in [2.24, 2.45) is 0 Å². The van der Waals surface area contributed by atoms with Gasteiger partial charge in [0.05, 0.1) is 5.69 Å². The lowest BCUT2D eigenvalue weighted by molar-refractivity contribution is 0.839. The number of nitrogens with zero attached hydrogens (tertiary/aromatic N) is 2. The van der Waals surface area contributed by atoms with Crippen LogP contribution in [0.1, 0.15) is 23.9 Å². The normalized spacial score (nSPS) is 11.1. The number of aryl methyl sites for hydroxylation is 2. The topological polar surface area (TPSA) is 50.2 Å². The van der Waals surface area contributed by atoms with E-state index in [0.29, 0.717) is 0 Å². The van der Waals surface area contributed by atoms with Gasteiger partial charge in [-0.1, -0.05) is 6.92 Å². The molecule has 0 atom stereocenters. The van der Waals surface area contributed by atoms with Gasteiger partial charge in [0, 0.05) is 17.3 Å². The number of fused-ring (bicyclic) bond motifs is 1. The average Bonchev–Trinajstić information content (AvgIpc) is 2.57. The minimum absolute atomic E-state index is 0.0300. The zero-order chi connectivity index (χ0) is 10.3. The standard InChI is InChI=1S/C10H13N3O/c1-4-8-5-9-11-10(14)6(2)7(3)13(9)12-8/h5H,4H2,1-3H3,(H,11,14). The molecule has 0 aliphatic carbocycles. The van der Waals surface area contributed by atoms with Crippen molar-refractivity contribution >= 4 is 5.65 Å². The molecule has 14 heavy (non-hydrogen) atoms. The predicted molar refractivity (Wildman–Crippen MR) is 54.7 cm³/mol. The summed E-state index contributed by atoms with van der Waals surface area (Å²) in [7, 11) is 0. The van der Waals surface area contributed by atoms with Crippen molar-refractivity contribution in [3.8, 4) is 0 Å². The second kappa shape index (κ2) is 2.97. The molecule has 1 N–H and O–H groups in total. The van der Waals surface area contributed by atoms with Crippen LogP contribution in [0.5, 0.6) is 0 Å². The van der Waals surface area contributed by atoms with Gasteiger partial charge in [-0.05, 0) is 20.3 Å². The van der Waals surface area contributed by atoms with E-state index in [4.69, 9.17) is 0 Å². The number of H-pyrrole nitrogens is 1. The van der Waals surface area contributed by atoms with E-state index in [-0.39, 0.29) is 5.56 Å². The lowest BCUT2D eigenvalue weighted by Crippen LogP contribution is -2.15. The largest absolute Gasteiger partial charge is 0.307 e. The first-order chi connectivity index (χ1) is 6.63. The van der Waals surface area contributed by atoms with Crippen molar-refractivity contribution in [3.05, 3.63) is 33.4 Å². The molecule has 0 amide bonds. The highest BCUT2D eigenvalue weighted by atomic mass is 16.1. The highest BCUT2D eigenvalue weighted by Gasteiger charge is 2.07. The lowest BCUT2D eigenvalue weighted by Gasteiger charge is -2.01. The van der Waals surface area contributed by atoms with Crippen molar-refractivity contribution < 1.29 is 0 Å². The molecule has 2 aromatic heterocycles. The Morgan fingerprint density at radius 1 is 1.50 bits per heavy atom. The van der Waals surface area contributed by atoms with Gasteiger partial charge in [-0.2, -0.15) is 5.10 Å². The van der Waals surface area contributed by atoms with Crippen LogP contribution in [-0.2, 0) is 6.42 Å². The fraction of sp³-hybridized carbons (Fsp3) is 0.400. The maximum Gasteiger partial charge on any atom is 0.254 e. The Morgan fingerprint density at radius 2 is 2.21 bits per heavy atom. The molecule has 2 heterocycles. The van der Waals surface area contributed by atoms with E-state index < -0.39 is 0 Å². The van der Waals surface area contributed by atoms with E-state index in [1.165, 1.54) is 0 Å². The van der Waals surface area contributed by atoms with E-state index in [1.807, 2.05) is 19.9 Å². The summed E-state index contributed by atoms with van der Waals surface area (Å²) in [6, 6.07) is 1.91. The van der Waals surface area contributed by atoms with E-state index in [0.717, 1.165) is 29.0 Å². The Bertz CT molecular complexity index is 536. The van der Waals surface area contributed by atoms with Crippen molar-refractivity contribution in [2.45, 2.75) is 27.2 Å². The van der Waals surface area contributed by atoms with Crippen molar-refractivity contribution in [2.75, 3.05) is 0 Å². The monoisotopic (exact) mass is 191 g/mol. The first-order valence-electron chi connectivity index (χ1n) is 4.71. The van der Waals surface area contributed by atoms with Crippen LogP contribution in [0.2, 0.25) is 0 Å². The SMILES string of the molecule is CCc1cc2[nH]c(=O)c(C)c(C)n2n1. The third kappa shape index (κ3) is 1.14. The molecule has 0 spiro atoms. The van der Waals surface area contributed by atoms with Gasteiger partial charge in [-0.3, -0.25) is 4.79 Å². The van der Waals surface area contributed by atoms with Gasteiger partial charge in [0.25, 0.3) is 5.56 Å². The minimum Gasteiger partial charge on any atom is -0.307 e. The number of nitrogens with one attached hydrogen (secondary N) is 1. The fourth-order valence-corrected chi connectivity index (χ4v) is 1.48. The molecular formula is C10H13N3O. The average molecular weight is 191 g/mol. The van der Waals surface area contributed by atoms with Gasteiger partial charge in [-0.15, -0.1) is 0 Å². The lowest BCUT2D eigenvalue weighted by atomic mass is 10.3. The van der Waals surface area contributed by atoms with Crippen molar-refractivity contribution in [3.63, 3.8) is 0 Å². The maximum absolute atomic E-state index is 11.5. The van der Waals surface area contributed by atoms with Crippen LogP contribution < -0.4 is 5.56 Å². The Balaban J connectivity index is 2.87. The molecule has 4 heteroatoms. The molecule has 0 saturated heterocycles. The molecule has 4 nitrogen and oxygen atoms in total. The molecule has 2 aromatic rings. The number of rotatable bonds is 1. The molecule has 2 rings (SSSR count). The fourth-order valence-electron chi connectivity index (χ4n) is 1.48. The zero-order valence-corrected chi connectivity index (χ0v) is 8.59. The minimum atomic E-state index is -0.0300. The molecule has 0 aliphatic heterocycles. The van der Waals surface area contributed by atoms with Gasteiger partial charge in [0.15, 0.2) is 0 Å². The van der Waals surface area contributed by atoms with Gasteiger partial charge < -0.3 is 4.98 Å². The van der Waals surface area contributed by atoms with Crippen LogP contribution in [0.4, 0.5) is 0 Å². The smallest absolute Gasteiger partial charge is 0.254 e. The summed E-state index contributed by atoms with van der Waals surface area (Å²) in [6.45, 7) is 5.76. The molecule has 0 aliphatic rings. The zero-order valence-electron chi connectivity index (χ0n) is 8.59. The first kappa shape index (κ1) is 8.99. The predicted octanol–water partition coefficient (Wildman–Crippen LogP) is 1.20. The van der Waals surface area contributed by atoms with Crippen LogP contribution >= 0.6 is 0 Å². The molecule has 74 valence electrons. The van der Waals surface area contributed by atoms with Gasteiger partial charge in [0.2, 0.25) is 0 Å². The van der Waals surface area contributed by atoms with E-state index in [1.54, 1.807) is 11.4 Å². The molecule has 0 saturated carbocycles. The van der Waals surface area contributed by atoms with Crippen molar-refractivity contribution in [1.29, 1.82) is 0 Å². The van der Waals surface area contributed by atoms with Crippen LogP contribution in [0.15, 0.2) is 10.9 Å². The Hall–Kier alpha value is -1.58. The quantitative estimate of drug-likeness (QED) is 0.736. The van der Waals surface area contributed by atoms with E-state index in [2.05, 4.69) is 10.1 Å². The third-order valence-electron chi connectivity index (χ3n) is 2.56. The van der Waals surface area contributed by atoms with Gasteiger partial charge in [-0.25, -0.2) is 4.52 Å². The number of hydrogen-bond acceptors (Lipinski definition) is 2.